The van der Waals surface area contributed by atoms with Crippen LogP contribution in [0.4, 0.5) is 5.13 Å². The molecule has 0 bridgehead atoms. The molecular weight excluding hydrogens is 408 g/mol. The summed E-state index contributed by atoms with van der Waals surface area (Å²) in [5.74, 6) is -0.348. The predicted molar refractivity (Wildman–Crippen MR) is 97.4 cm³/mol. The second kappa shape index (κ2) is 9.43. The van der Waals surface area contributed by atoms with E-state index < -0.39 is 5.69 Å². The van der Waals surface area contributed by atoms with Crippen molar-refractivity contribution in [1.82, 2.24) is 8.94 Å². The first-order chi connectivity index (χ1) is 11.5. The molecule has 0 saturated heterocycles. The molecule has 124 valence electrons. The Morgan fingerprint density at radius 1 is 1.08 bits per heavy atom. The van der Waals surface area contributed by atoms with Crippen molar-refractivity contribution in [2.24, 2.45) is 0 Å². The quantitative estimate of drug-likeness (QED) is 0.642. The number of benzene rings is 2. The third-order valence-corrected chi connectivity index (χ3v) is 4.55. The van der Waals surface area contributed by atoms with E-state index in [1.54, 1.807) is 36.4 Å². The molecule has 1 N–H and O–H groups in total. The van der Waals surface area contributed by atoms with Crippen LogP contribution in [0.15, 0.2) is 53.3 Å². The molecular formula is C16H12Cl2KN3O2S. The summed E-state index contributed by atoms with van der Waals surface area (Å²) in [5.41, 5.74) is 0.938. The number of hydrogen-bond donors (Lipinski definition) is 1. The van der Waals surface area contributed by atoms with Gasteiger partial charge in [0.05, 0.1) is 6.54 Å². The van der Waals surface area contributed by atoms with Gasteiger partial charge in [0.25, 0.3) is 5.91 Å². The Bertz CT molecular complexity index is 930. The van der Waals surface area contributed by atoms with E-state index in [0.29, 0.717) is 22.2 Å². The van der Waals surface area contributed by atoms with Crippen LogP contribution in [0.25, 0.3) is 0 Å². The molecule has 25 heavy (non-hydrogen) atoms. The van der Waals surface area contributed by atoms with Gasteiger partial charge in [0, 0.05) is 15.6 Å². The molecule has 1 aromatic heterocycles. The fourth-order valence-corrected chi connectivity index (χ4v) is 3.03. The third-order valence-electron chi connectivity index (χ3n) is 3.17. The molecule has 0 fully saturated rings. The van der Waals surface area contributed by atoms with Gasteiger partial charge in [-0.15, -0.1) is 0 Å². The minimum atomic E-state index is -0.415. The van der Waals surface area contributed by atoms with Crippen LogP contribution in [0.5, 0.6) is 0 Å². The molecule has 2 aromatic carbocycles. The molecule has 9 heteroatoms. The third kappa shape index (κ3) is 5.73. The second-order valence-electron chi connectivity index (χ2n) is 4.91. The number of carbonyl (C=O) groups excluding carboxylic acids is 1. The molecule has 0 saturated carbocycles. The number of rotatable bonds is 4. The Kier molecular flexibility index (Phi) is 7.84. The average Bonchev–Trinajstić information content (AvgIpc) is 2.89. The Balaban J connectivity index is 0.00000169. The van der Waals surface area contributed by atoms with Crippen molar-refractivity contribution in [2.75, 3.05) is 5.32 Å². The number of aromatic nitrogens is 2. The van der Waals surface area contributed by atoms with Crippen LogP contribution in [0.3, 0.4) is 0 Å². The van der Waals surface area contributed by atoms with Gasteiger partial charge in [-0.2, -0.15) is 4.98 Å². The SMILES string of the molecule is O=C(Nc1nc(=O)n(Cc2ccc(Cl)cc2)s1)c1ccc(Cl)cc1.[H-].[K+]. The van der Waals surface area contributed by atoms with Crippen molar-refractivity contribution >= 4 is 45.8 Å². The van der Waals surface area contributed by atoms with Gasteiger partial charge in [0.1, 0.15) is 0 Å². The normalized spacial score (nSPS) is 10.2. The zero-order valence-electron chi connectivity index (χ0n) is 14.2. The van der Waals surface area contributed by atoms with Crippen molar-refractivity contribution in [3.05, 3.63) is 80.2 Å². The molecule has 0 atom stereocenters. The van der Waals surface area contributed by atoms with E-state index in [0.717, 1.165) is 17.1 Å². The number of carbonyl (C=O) groups is 1. The summed E-state index contributed by atoms with van der Waals surface area (Å²) in [6, 6.07) is 13.6. The Morgan fingerprint density at radius 2 is 1.64 bits per heavy atom. The largest absolute Gasteiger partial charge is 1.00 e. The van der Waals surface area contributed by atoms with Gasteiger partial charge in [0.2, 0.25) is 5.13 Å². The van der Waals surface area contributed by atoms with Crippen LogP contribution in [-0.2, 0) is 6.54 Å². The monoisotopic (exact) mass is 419 g/mol. The number of amides is 1. The Morgan fingerprint density at radius 3 is 2.24 bits per heavy atom. The maximum absolute atomic E-state index is 12.1. The fourth-order valence-electron chi connectivity index (χ4n) is 1.98. The van der Waals surface area contributed by atoms with Gasteiger partial charge in [0.15, 0.2) is 0 Å². The van der Waals surface area contributed by atoms with Crippen LogP contribution in [0.2, 0.25) is 10.0 Å². The van der Waals surface area contributed by atoms with E-state index >= 15 is 0 Å². The maximum Gasteiger partial charge on any atom is 1.00 e. The van der Waals surface area contributed by atoms with E-state index in [-0.39, 0.29) is 63.8 Å². The van der Waals surface area contributed by atoms with Crippen molar-refractivity contribution < 1.29 is 57.6 Å². The molecule has 0 spiro atoms. The van der Waals surface area contributed by atoms with E-state index in [9.17, 15) is 9.59 Å². The van der Waals surface area contributed by atoms with Gasteiger partial charge in [-0.05, 0) is 53.5 Å². The van der Waals surface area contributed by atoms with Crippen molar-refractivity contribution in [1.29, 1.82) is 0 Å². The summed E-state index contributed by atoms with van der Waals surface area (Å²) >= 11 is 12.7. The average molecular weight is 420 g/mol. The van der Waals surface area contributed by atoms with E-state index in [4.69, 9.17) is 23.2 Å². The van der Waals surface area contributed by atoms with E-state index in [1.807, 2.05) is 12.1 Å². The van der Waals surface area contributed by atoms with Gasteiger partial charge >= 0.3 is 57.1 Å². The zero-order chi connectivity index (χ0) is 17.1. The second-order valence-corrected chi connectivity index (χ2v) is 6.80. The van der Waals surface area contributed by atoms with Crippen LogP contribution < -0.4 is 62.4 Å². The topological polar surface area (TPSA) is 64.0 Å². The molecule has 3 rings (SSSR count). The smallest absolute Gasteiger partial charge is 1.00 e. The molecule has 3 aromatic rings. The molecule has 1 heterocycles. The minimum Gasteiger partial charge on any atom is -1.00 e. The summed E-state index contributed by atoms with van der Waals surface area (Å²) < 4.78 is 1.46. The fraction of sp³-hybridized carbons (Fsp3) is 0.0625. The van der Waals surface area contributed by atoms with E-state index in [2.05, 4.69) is 10.3 Å². The maximum atomic E-state index is 12.1. The van der Waals surface area contributed by atoms with Gasteiger partial charge in [-0.25, -0.2) is 8.75 Å². The summed E-state index contributed by atoms with van der Waals surface area (Å²) in [5, 5.41) is 4.04. The van der Waals surface area contributed by atoms with Crippen LogP contribution >= 0.6 is 34.7 Å². The number of nitrogens with one attached hydrogen (secondary N) is 1. The summed E-state index contributed by atoms with van der Waals surface area (Å²) in [6.07, 6.45) is 0. The first kappa shape index (κ1) is 20.8. The van der Waals surface area contributed by atoms with Crippen molar-refractivity contribution in [2.45, 2.75) is 6.54 Å². The summed E-state index contributed by atoms with van der Waals surface area (Å²) in [7, 11) is 0. The number of anilines is 1. The molecule has 1 amide bonds. The molecule has 0 aliphatic carbocycles. The standard InChI is InChI=1S/C16H11Cl2N3O2S.K.H/c17-12-5-1-10(2-6-12)9-21-16(23)20-15(24-21)19-14(22)11-3-7-13(18)8-4-11;;/h1-8H,9H2,(H,19,20,22,23);;/q;+1;-1. The van der Waals surface area contributed by atoms with Gasteiger partial charge in [-0.3, -0.25) is 10.1 Å². The summed E-state index contributed by atoms with van der Waals surface area (Å²) in [6.45, 7) is 0.366. The van der Waals surface area contributed by atoms with Gasteiger partial charge in [-0.1, -0.05) is 35.3 Å². The van der Waals surface area contributed by atoms with Gasteiger partial charge < -0.3 is 1.43 Å². The number of hydrogen-bond acceptors (Lipinski definition) is 4. The summed E-state index contributed by atoms with van der Waals surface area (Å²) in [4.78, 5) is 27.9. The van der Waals surface area contributed by atoms with Crippen molar-refractivity contribution in [3.63, 3.8) is 0 Å². The molecule has 0 unspecified atom stereocenters. The first-order valence-electron chi connectivity index (χ1n) is 6.91. The molecule has 0 aliphatic heterocycles. The first-order valence-corrected chi connectivity index (χ1v) is 8.44. The minimum absolute atomic E-state index is 0. The van der Waals surface area contributed by atoms with Crippen LogP contribution in [0, 0.1) is 0 Å². The Hall–Kier alpha value is -0.514. The predicted octanol–water partition coefficient (Wildman–Crippen LogP) is 1.03. The van der Waals surface area contributed by atoms with E-state index in [1.165, 1.54) is 3.96 Å². The van der Waals surface area contributed by atoms with Crippen molar-refractivity contribution in [3.8, 4) is 0 Å². The molecule has 0 radical (unpaired) electrons. The zero-order valence-corrected chi connectivity index (χ0v) is 18.7. The Labute approximate surface area is 202 Å². The molecule has 5 nitrogen and oxygen atoms in total. The van der Waals surface area contributed by atoms with Crippen LogP contribution in [-0.4, -0.2) is 14.8 Å². The number of halogens is 2. The number of nitrogens with zero attached hydrogens (tertiary/aromatic N) is 2. The van der Waals surface area contributed by atoms with Crippen LogP contribution in [0.1, 0.15) is 17.3 Å². The molecule has 0 aliphatic rings.